The predicted molar refractivity (Wildman–Crippen MR) is 130 cm³/mol. The molecule has 166 valence electrons. The SMILES string of the molecule is Cn1cc([C@H]2CC[C@@H](N3CCN(c4cccc5[nH]ccc45)CC3)CC2)c2cc(F)ccc21. The number of benzene rings is 2. The van der Waals surface area contributed by atoms with Crippen LogP contribution >= 0.6 is 0 Å². The topological polar surface area (TPSA) is 27.2 Å². The Bertz CT molecular complexity index is 1240. The van der Waals surface area contributed by atoms with Gasteiger partial charge in [0.25, 0.3) is 0 Å². The number of hydrogen-bond acceptors (Lipinski definition) is 2. The van der Waals surface area contributed by atoms with E-state index in [1.165, 1.54) is 47.8 Å². The highest BCUT2D eigenvalue weighted by Gasteiger charge is 2.30. The second-order valence-corrected chi connectivity index (χ2v) is 9.60. The van der Waals surface area contributed by atoms with Gasteiger partial charge in [-0.05, 0) is 73.6 Å². The molecule has 2 aromatic heterocycles. The van der Waals surface area contributed by atoms with Gasteiger partial charge in [0.1, 0.15) is 5.82 Å². The number of hydrogen-bond donors (Lipinski definition) is 1. The molecule has 4 nitrogen and oxygen atoms in total. The summed E-state index contributed by atoms with van der Waals surface area (Å²) in [6, 6.07) is 14.6. The Morgan fingerprint density at radius 3 is 2.53 bits per heavy atom. The number of nitrogens with one attached hydrogen (secondary N) is 1. The Labute approximate surface area is 188 Å². The van der Waals surface area contributed by atoms with Crippen molar-refractivity contribution in [1.82, 2.24) is 14.5 Å². The average molecular weight is 431 g/mol. The summed E-state index contributed by atoms with van der Waals surface area (Å²) in [5.74, 6) is 0.413. The summed E-state index contributed by atoms with van der Waals surface area (Å²) >= 11 is 0. The van der Waals surface area contributed by atoms with Crippen molar-refractivity contribution < 1.29 is 4.39 Å². The molecule has 6 rings (SSSR count). The number of H-pyrrole nitrogens is 1. The van der Waals surface area contributed by atoms with Gasteiger partial charge in [-0.25, -0.2) is 4.39 Å². The lowest BCUT2D eigenvalue weighted by atomic mass is 9.81. The molecule has 0 atom stereocenters. The number of aryl methyl sites for hydroxylation is 1. The highest BCUT2D eigenvalue weighted by Crippen LogP contribution is 2.39. The molecule has 32 heavy (non-hydrogen) atoms. The molecule has 5 heteroatoms. The van der Waals surface area contributed by atoms with Crippen LogP contribution in [0.25, 0.3) is 21.8 Å². The van der Waals surface area contributed by atoms with Gasteiger partial charge in [-0.3, -0.25) is 4.90 Å². The Balaban J connectivity index is 1.10. The van der Waals surface area contributed by atoms with E-state index < -0.39 is 0 Å². The average Bonchev–Trinajstić information content (AvgIpc) is 3.44. The number of aromatic nitrogens is 2. The maximum Gasteiger partial charge on any atom is 0.123 e. The van der Waals surface area contributed by atoms with Gasteiger partial charge in [-0.1, -0.05) is 6.07 Å². The third-order valence-corrected chi connectivity index (χ3v) is 7.86. The van der Waals surface area contributed by atoms with Crippen LogP contribution in [0.4, 0.5) is 10.1 Å². The second-order valence-electron chi connectivity index (χ2n) is 9.60. The second kappa shape index (κ2) is 7.96. The first-order chi connectivity index (χ1) is 15.7. The monoisotopic (exact) mass is 430 g/mol. The maximum atomic E-state index is 13.9. The van der Waals surface area contributed by atoms with Crippen LogP contribution in [0.1, 0.15) is 37.2 Å². The zero-order valence-corrected chi connectivity index (χ0v) is 18.7. The summed E-state index contributed by atoms with van der Waals surface area (Å²) in [5.41, 5.74) is 5.05. The first-order valence-electron chi connectivity index (χ1n) is 12.0. The van der Waals surface area contributed by atoms with Gasteiger partial charge in [0.15, 0.2) is 0 Å². The smallest absolute Gasteiger partial charge is 0.123 e. The van der Waals surface area contributed by atoms with Crippen molar-refractivity contribution in [2.75, 3.05) is 31.1 Å². The van der Waals surface area contributed by atoms with Gasteiger partial charge in [0, 0.05) is 79.2 Å². The van der Waals surface area contributed by atoms with Gasteiger partial charge in [-0.15, -0.1) is 0 Å². The molecule has 3 heterocycles. The van der Waals surface area contributed by atoms with Crippen molar-refractivity contribution in [2.45, 2.75) is 37.6 Å². The molecule has 0 amide bonds. The van der Waals surface area contributed by atoms with E-state index in [9.17, 15) is 4.39 Å². The number of nitrogens with zero attached hydrogens (tertiary/aromatic N) is 3. The van der Waals surface area contributed by atoms with Crippen LogP contribution < -0.4 is 4.90 Å². The predicted octanol–water partition coefficient (Wildman–Crippen LogP) is 5.65. The number of halogens is 1. The quantitative estimate of drug-likeness (QED) is 0.455. The van der Waals surface area contributed by atoms with Crippen LogP contribution in [0.3, 0.4) is 0 Å². The molecule has 2 fully saturated rings. The van der Waals surface area contributed by atoms with Crippen molar-refractivity contribution in [3.8, 4) is 0 Å². The first kappa shape index (κ1) is 19.9. The van der Waals surface area contributed by atoms with E-state index in [1.54, 1.807) is 12.1 Å². The molecule has 1 saturated heterocycles. The number of rotatable bonds is 3. The maximum absolute atomic E-state index is 13.9. The Morgan fingerprint density at radius 2 is 1.72 bits per heavy atom. The van der Waals surface area contributed by atoms with Crippen LogP contribution in [0.2, 0.25) is 0 Å². The van der Waals surface area contributed by atoms with E-state index in [0.717, 1.165) is 37.1 Å². The van der Waals surface area contributed by atoms with Crippen LogP contribution in [0, 0.1) is 5.82 Å². The fraction of sp³-hybridized carbons (Fsp3) is 0.407. The third kappa shape index (κ3) is 3.39. The van der Waals surface area contributed by atoms with E-state index in [0.29, 0.717) is 12.0 Å². The standard InChI is InChI=1S/C27H31FN4/c1-30-18-24(23-17-20(28)7-10-26(23)30)19-5-8-21(9-6-19)31-13-15-32(16-14-31)27-4-2-3-25-22(27)11-12-29-25/h2-4,7,10-12,17-19,21,29H,5-6,8-9,13-16H2,1H3/t19-,21+. The molecule has 2 aliphatic rings. The molecule has 0 radical (unpaired) electrons. The van der Waals surface area contributed by atoms with E-state index in [1.807, 2.05) is 12.3 Å². The van der Waals surface area contributed by atoms with E-state index in [2.05, 4.69) is 56.9 Å². The summed E-state index contributed by atoms with van der Waals surface area (Å²) < 4.78 is 16.1. The number of piperazine rings is 1. The molecule has 0 bridgehead atoms. The third-order valence-electron chi connectivity index (χ3n) is 7.86. The summed E-state index contributed by atoms with van der Waals surface area (Å²) in [6.07, 6.45) is 9.14. The van der Waals surface area contributed by atoms with Crippen LogP contribution in [0.5, 0.6) is 0 Å². The normalized spacial score (nSPS) is 22.8. The molecule has 4 aromatic rings. The zero-order valence-electron chi connectivity index (χ0n) is 18.7. The number of anilines is 1. The molecule has 1 saturated carbocycles. The molecule has 1 aliphatic heterocycles. The van der Waals surface area contributed by atoms with Gasteiger partial charge in [0.05, 0.1) is 0 Å². The molecule has 1 N–H and O–H groups in total. The van der Waals surface area contributed by atoms with E-state index >= 15 is 0 Å². The molecular formula is C27H31FN4. The van der Waals surface area contributed by atoms with Gasteiger partial charge >= 0.3 is 0 Å². The fourth-order valence-corrected chi connectivity index (χ4v) is 6.14. The number of fused-ring (bicyclic) bond motifs is 2. The molecule has 2 aromatic carbocycles. The van der Waals surface area contributed by atoms with Gasteiger partial charge < -0.3 is 14.5 Å². The van der Waals surface area contributed by atoms with Gasteiger partial charge in [-0.2, -0.15) is 0 Å². The van der Waals surface area contributed by atoms with Gasteiger partial charge in [0.2, 0.25) is 0 Å². The van der Waals surface area contributed by atoms with Crippen molar-refractivity contribution in [3.63, 3.8) is 0 Å². The van der Waals surface area contributed by atoms with E-state index in [-0.39, 0.29) is 5.82 Å². The summed E-state index contributed by atoms with van der Waals surface area (Å²) in [6.45, 7) is 4.45. The lowest BCUT2D eigenvalue weighted by Gasteiger charge is -2.42. The van der Waals surface area contributed by atoms with Crippen LogP contribution in [-0.4, -0.2) is 46.7 Å². The minimum Gasteiger partial charge on any atom is -0.368 e. The molecular weight excluding hydrogens is 399 g/mol. The summed E-state index contributed by atoms with van der Waals surface area (Å²) in [7, 11) is 2.07. The van der Waals surface area contributed by atoms with Crippen LogP contribution in [0.15, 0.2) is 54.9 Å². The van der Waals surface area contributed by atoms with Crippen molar-refractivity contribution >= 4 is 27.5 Å². The highest BCUT2D eigenvalue weighted by molar-refractivity contribution is 5.92. The van der Waals surface area contributed by atoms with Crippen molar-refractivity contribution in [2.24, 2.45) is 7.05 Å². The molecule has 0 spiro atoms. The highest BCUT2D eigenvalue weighted by atomic mass is 19.1. The zero-order chi connectivity index (χ0) is 21.7. The van der Waals surface area contributed by atoms with Crippen molar-refractivity contribution in [3.05, 3.63) is 66.2 Å². The Hall–Kier alpha value is -2.79. The number of aromatic amines is 1. The van der Waals surface area contributed by atoms with Crippen LogP contribution in [-0.2, 0) is 7.05 Å². The largest absolute Gasteiger partial charge is 0.368 e. The Morgan fingerprint density at radius 1 is 0.906 bits per heavy atom. The van der Waals surface area contributed by atoms with E-state index in [4.69, 9.17) is 0 Å². The summed E-state index contributed by atoms with van der Waals surface area (Å²) in [5, 5.41) is 2.43. The Kier molecular flexibility index (Phi) is 4.94. The molecule has 1 aliphatic carbocycles. The molecule has 0 unspecified atom stereocenters. The lowest BCUT2D eigenvalue weighted by Crippen LogP contribution is -2.51. The lowest BCUT2D eigenvalue weighted by molar-refractivity contribution is 0.141. The minimum absolute atomic E-state index is 0.133. The fourth-order valence-electron chi connectivity index (χ4n) is 6.14. The van der Waals surface area contributed by atoms with Crippen molar-refractivity contribution in [1.29, 1.82) is 0 Å². The minimum atomic E-state index is -0.133. The first-order valence-corrected chi connectivity index (χ1v) is 12.0. The summed E-state index contributed by atoms with van der Waals surface area (Å²) in [4.78, 5) is 8.59.